The highest BCUT2D eigenvalue weighted by atomic mass is 14.7. The van der Waals surface area contributed by atoms with Crippen LogP contribution in [0.5, 0.6) is 0 Å². The van der Waals surface area contributed by atoms with Crippen LogP contribution in [0.4, 0.5) is 5.69 Å². The molecule has 2 rings (SSSR count). The predicted molar refractivity (Wildman–Crippen MR) is 48.7 cm³/mol. The lowest BCUT2D eigenvalue weighted by Crippen LogP contribution is -1.93. The monoisotopic (exact) mass is 159 g/mol. The molecule has 0 spiro atoms. The summed E-state index contributed by atoms with van der Waals surface area (Å²) >= 11 is 0. The van der Waals surface area contributed by atoms with Gasteiger partial charge in [-0.1, -0.05) is 0 Å². The van der Waals surface area contributed by atoms with Gasteiger partial charge in [0.05, 0.1) is 11.4 Å². The Morgan fingerprint density at radius 1 is 1.33 bits per heavy atom. The minimum absolute atomic E-state index is 0.745. The van der Waals surface area contributed by atoms with Crippen LogP contribution in [0, 0.1) is 6.92 Å². The van der Waals surface area contributed by atoms with Crippen molar-refractivity contribution >= 4 is 16.5 Å². The van der Waals surface area contributed by atoms with E-state index in [-0.39, 0.29) is 0 Å². The number of nitrogens with zero attached hydrogens (tertiary/aromatic N) is 2. The van der Waals surface area contributed by atoms with Gasteiger partial charge in [0.1, 0.15) is 0 Å². The Labute approximate surface area is 70.3 Å². The molecule has 2 N–H and O–H groups in total. The number of aromatic nitrogens is 2. The number of fused-ring (bicyclic) bond motifs is 1. The van der Waals surface area contributed by atoms with Crippen LogP contribution in [0.2, 0.25) is 0 Å². The Balaban J connectivity index is 2.91. The van der Waals surface area contributed by atoms with Gasteiger partial charge in [0.15, 0.2) is 0 Å². The third-order valence-corrected chi connectivity index (χ3v) is 1.93. The fourth-order valence-corrected chi connectivity index (χ4v) is 1.19. The smallest absolute Gasteiger partial charge is 0.0611 e. The summed E-state index contributed by atoms with van der Waals surface area (Å²) in [4.78, 5) is 8.13. The van der Waals surface area contributed by atoms with Crippen molar-refractivity contribution in [2.75, 3.05) is 5.73 Å². The topological polar surface area (TPSA) is 51.8 Å². The van der Waals surface area contributed by atoms with E-state index in [4.69, 9.17) is 5.73 Å². The van der Waals surface area contributed by atoms with Gasteiger partial charge in [-0.3, -0.25) is 9.97 Å². The Kier molecular flexibility index (Phi) is 1.43. The van der Waals surface area contributed by atoms with E-state index >= 15 is 0 Å². The number of nitrogens with two attached hydrogens (primary N) is 1. The first-order chi connectivity index (χ1) is 5.79. The highest BCUT2D eigenvalue weighted by molar-refractivity contribution is 5.92. The summed E-state index contributed by atoms with van der Waals surface area (Å²) in [5.41, 5.74) is 7.44. The summed E-state index contributed by atoms with van der Waals surface area (Å²) in [6, 6.07) is 1.90. The number of nitrogen functional groups attached to an aromatic ring is 1. The van der Waals surface area contributed by atoms with E-state index in [1.165, 1.54) is 0 Å². The minimum Gasteiger partial charge on any atom is -0.397 e. The van der Waals surface area contributed by atoms with Crippen molar-refractivity contribution in [1.82, 2.24) is 9.97 Å². The molecule has 2 heterocycles. The van der Waals surface area contributed by atoms with E-state index in [1.54, 1.807) is 18.6 Å². The summed E-state index contributed by atoms with van der Waals surface area (Å²) in [5, 5.41) is 2.01. The first kappa shape index (κ1) is 7.03. The second-order valence-corrected chi connectivity index (χ2v) is 2.72. The van der Waals surface area contributed by atoms with Gasteiger partial charge < -0.3 is 5.73 Å². The summed E-state index contributed by atoms with van der Waals surface area (Å²) in [6.07, 6.45) is 5.28. The first-order valence-electron chi connectivity index (χ1n) is 3.74. The van der Waals surface area contributed by atoms with Crippen molar-refractivity contribution in [3.63, 3.8) is 0 Å². The maximum atomic E-state index is 5.83. The zero-order valence-corrected chi connectivity index (χ0v) is 6.78. The molecule has 0 saturated carbocycles. The Hall–Kier alpha value is -1.64. The average Bonchev–Trinajstić information content (AvgIpc) is 2.12. The fourth-order valence-electron chi connectivity index (χ4n) is 1.19. The molecule has 0 unspecified atom stereocenters. The molecule has 2 aromatic rings. The van der Waals surface area contributed by atoms with Crippen LogP contribution >= 0.6 is 0 Å². The van der Waals surface area contributed by atoms with Crippen molar-refractivity contribution < 1.29 is 0 Å². The molecule has 0 atom stereocenters. The molecule has 0 bridgehead atoms. The molecule has 60 valence electrons. The summed E-state index contributed by atoms with van der Waals surface area (Å²) in [5.74, 6) is 0. The maximum Gasteiger partial charge on any atom is 0.0611 e. The standard InChI is InChI=1S/C9H9N3/c1-6-9(10)8-2-3-11-4-7(8)5-12-6/h2-5H,10H2,1H3. The van der Waals surface area contributed by atoms with Crippen LogP contribution in [0.3, 0.4) is 0 Å². The molecule has 2 aromatic heterocycles. The van der Waals surface area contributed by atoms with Gasteiger partial charge in [0, 0.05) is 29.4 Å². The Morgan fingerprint density at radius 3 is 3.00 bits per heavy atom. The van der Waals surface area contributed by atoms with Crippen LogP contribution in [0.25, 0.3) is 10.8 Å². The molecule has 0 radical (unpaired) electrons. The molecule has 0 aliphatic heterocycles. The summed E-state index contributed by atoms with van der Waals surface area (Å²) in [7, 11) is 0. The van der Waals surface area contributed by atoms with Crippen molar-refractivity contribution in [1.29, 1.82) is 0 Å². The van der Waals surface area contributed by atoms with Gasteiger partial charge in [-0.15, -0.1) is 0 Å². The summed E-state index contributed by atoms with van der Waals surface area (Å²) in [6.45, 7) is 1.90. The van der Waals surface area contributed by atoms with Crippen molar-refractivity contribution in [2.45, 2.75) is 6.92 Å². The van der Waals surface area contributed by atoms with Crippen LogP contribution in [0.15, 0.2) is 24.7 Å². The SMILES string of the molecule is Cc1ncc2cnccc2c1N. The molecule has 0 saturated heterocycles. The zero-order valence-electron chi connectivity index (χ0n) is 6.78. The lowest BCUT2D eigenvalue weighted by Gasteiger charge is -2.02. The van der Waals surface area contributed by atoms with E-state index in [0.717, 1.165) is 22.2 Å². The molecule has 0 fully saturated rings. The fraction of sp³-hybridized carbons (Fsp3) is 0.111. The van der Waals surface area contributed by atoms with Crippen LogP contribution in [-0.2, 0) is 0 Å². The van der Waals surface area contributed by atoms with Gasteiger partial charge in [0.2, 0.25) is 0 Å². The maximum absolute atomic E-state index is 5.83. The van der Waals surface area contributed by atoms with Gasteiger partial charge in [-0.25, -0.2) is 0 Å². The normalized spacial score (nSPS) is 10.4. The number of rotatable bonds is 0. The molecule has 12 heavy (non-hydrogen) atoms. The second kappa shape index (κ2) is 2.44. The lowest BCUT2D eigenvalue weighted by atomic mass is 10.2. The molecule has 0 aliphatic rings. The third-order valence-electron chi connectivity index (χ3n) is 1.93. The Bertz CT molecular complexity index is 423. The van der Waals surface area contributed by atoms with Gasteiger partial charge >= 0.3 is 0 Å². The number of pyridine rings is 2. The van der Waals surface area contributed by atoms with Crippen molar-refractivity contribution in [3.05, 3.63) is 30.4 Å². The van der Waals surface area contributed by atoms with E-state index in [0.29, 0.717) is 0 Å². The molecule has 0 amide bonds. The molecular formula is C9H9N3. The first-order valence-corrected chi connectivity index (χ1v) is 3.74. The largest absolute Gasteiger partial charge is 0.397 e. The van der Waals surface area contributed by atoms with Gasteiger partial charge in [-0.2, -0.15) is 0 Å². The van der Waals surface area contributed by atoms with Crippen molar-refractivity contribution in [3.8, 4) is 0 Å². The van der Waals surface area contributed by atoms with Crippen LogP contribution < -0.4 is 5.73 Å². The molecule has 3 heteroatoms. The second-order valence-electron chi connectivity index (χ2n) is 2.72. The number of hydrogen-bond donors (Lipinski definition) is 1. The highest BCUT2D eigenvalue weighted by Crippen LogP contribution is 2.20. The van der Waals surface area contributed by atoms with E-state index in [9.17, 15) is 0 Å². The number of anilines is 1. The van der Waals surface area contributed by atoms with Gasteiger partial charge in [-0.05, 0) is 13.0 Å². The molecular weight excluding hydrogens is 150 g/mol. The van der Waals surface area contributed by atoms with Crippen molar-refractivity contribution in [2.24, 2.45) is 0 Å². The number of hydrogen-bond acceptors (Lipinski definition) is 3. The Morgan fingerprint density at radius 2 is 2.17 bits per heavy atom. The quantitative estimate of drug-likeness (QED) is 0.634. The van der Waals surface area contributed by atoms with E-state index in [2.05, 4.69) is 9.97 Å². The van der Waals surface area contributed by atoms with E-state index in [1.807, 2.05) is 13.0 Å². The molecule has 0 aromatic carbocycles. The van der Waals surface area contributed by atoms with E-state index < -0.39 is 0 Å². The minimum atomic E-state index is 0.745. The zero-order chi connectivity index (χ0) is 8.55. The predicted octanol–water partition coefficient (Wildman–Crippen LogP) is 1.52. The van der Waals surface area contributed by atoms with Crippen LogP contribution in [-0.4, -0.2) is 9.97 Å². The highest BCUT2D eigenvalue weighted by Gasteiger charge is 2.00. The third kappa shape index (κ3) is 0.906. The summed E-state index contributed by atoms with van der Waals surface area (Å²) < 4.78 is 0. The number of aryl methyl sites for hydroxylation is 1. The lowest BCUT2D eigenvalue weighted by molar-refractivity contribution is 1.22. The molecule has 0 aliphatic carbocycles. The average molecular weight is 159 g/mol. The van der Waals surface area contributed by atoms with Gasteiger partial charge in [0.25, 0.3) is 0 Å². The molecule has 3 nitrogen and oxygen atoms in total. The van der Waals surface area contributed by atoms with Crippen LogP contribution in [0.1, 0.15) is 5.69 Å².